The monoisotopic (exact) mass is 201 g/mol. The molecule has 1 heterocycles. The van der Waals surface area contributed by atoms with Gasteiger partial charge in [0.1, 0.15) is 5.56 Å². The molecule has 1 aromatic rings. The van der Waals surface area contributed by atoms with Gasteiger partial charge >= 0.3 is 0 Å². The number of hydrogen-bond donors (Lipinski definition) is 1. The summed E-state index contributed by atoms with van der Waals surface area (Å²) in [4.78, 5) is 13.3. The van der Waals surface area contributed by atoms with Gasteiger partial charge in [0.15, 0.2) is 12.4 Å². The third-order valence-electron chi connectivity index (χ3n) is 1.04. The standard InChI is InChI=1S/C6H5BrN2O/c7-5-1-4(6(8)10)2-9-3-5/h1-3H,(H2,8,10)/p+1. The van der Waals surface area contributed by atoms with E-state index >= 15 is 0 Å². The van der Waals surface area contributed by atoms with Gasteiger partial charge in [-0.3, -0.25) is 4.79 Å². The number of nitrogens with one attached hydrogen (secondary N) is 1. The molecule has 3 N–H and O–H groups in total. The van der Waals surface area contributed by atoms with Crippen molar-refractivity contribution in [3.8, 4) is 0 Å². The third-order valence-corrected chi connectivity index (χ3v) is 1.50. The van der Waals surface area contributed by atoms with Crippen LogP contribution in [0.1, 0.15) is 10.4 Å². The van der Waals surface area contributed by atoms with Crippen LogP contribution in [0, 0.1) is 0 Å². The molecule has 0 saturated heterocycles. The summed E-state index contributed by atoms with van der Waals surface area (Å²) in [6.07, 6.45) is 3.26. The van der Waals surface area contributed by atoms with E-state index in [2.05, 4.69) is 20.9 Å². The molecule has 0 aliphatic carbocycles. The number of carbonyl (C=O) groups is 1. The van der Waals surface area contributed by atoms with Crippen molar-refractivity contribution in [2.24, 2.45) is 5.73 Å². The second-order valence-electron chi connectivity index (χ2n) is 1.80. The van der Waals surface area contributed by atoms with Crippen LogP contribution in [0.25, 0.3) is 0 Å². The highest BCUT2D eigenvalue weighted by Crippen LogP contribution is 2.06. The van der Waals surface area contributed by atoms with Crippen LogP contribution in [0.3, 0.4) is 0 Å². The average molecular weight is 202 g/mol. The quantitative estimate of drug-likeness (QED) is 0.702. The third kappa shape index (κ3) is 1.54. The summed E-state index contributed by atoms with van der Waals surface area (Å²) in [5.41, 5.74) is 5.47. The Morgan fingerprint density at radius 2 is 2.30 bits per heavy atom. The zero-order valence-corrected chi connectivity index (χ0v) is 6.68. The van der Waals surface area contributed by atoms with Crippen LogP contribution in [0.15, 0.2) is 22.9 Å². The van der Waals surface area contributed by atoms with Gasteiger partial charge in [0.05, 0.1) is 4.47 Å². The average Bonchev–Trinajstić information content (AvgIpc) is 1.88. The van der Waals surface area contributed by atoms with E-state index in [9.17, 15) is 4.79 Å². The number of amides is 1. The second kappa shape index (κ2) is 2.79. The summed E-state index contributed by atoms with van der Waals surface area (Å²) in [5, 5.41) is 0. The molecule has 0 aliphatic rings. The first-order chi connectivity index (χ1) is 4.70. The summed E-state index contributed by atoms with van der Waals surface area (Å²) in [6.45, 7) is 0. The number of carbonyl (C=O) groups excluding carboxylic acids is 1. The number of pyridine rings is 1. The second-order valence-corrected chi connectivity index (χ2v) is 2.72. The van der Waals surface area contributed by atoms with Crippen LogP contribution in [0.2, 0.25) is 0 Å². The highest BCUT2D eigenvalue weighted by molar-refractivity contribution is 9.10. The van der Waals surface area contributed by atoms with E-state index < -0.39 is 5.91 Å². The largest absolute Gasteiger partial charge is 0.365 e. The lowest BCUT2D eigenvalue weighted by Gasteiger charge is -1.88. The first-order valence-corrected chi connectivity index (χ1v) is 3.46. The summed E-state index contributed by atoms with van der Waals surface area (Å²) >= 11 is 3.19. The minimum atomic E-state index is -0.433. The SMILES string of the molecule is NC(=O)c1c[nH+]cc(Br)c1. The van der Waals surface area contributed by atoms with Gasteiger partial charge in [-0.2, -0.15) is 0 Å². The predicted octanol–water partition coefficient (Wildman–Crippen LogP) is 0.362. The molecule has 0 bridgehead atoms. The highest BCUT2D eigenvalue weighted by atomic mass is 79.9. The molecule has 0 unspecified atom stereocenters. The van der Waals surface area contributed by atoms with Gasteiger partial charge in [0.25, 0.3) is 5.91 Å². The number of aromatic nitrogens is 1. The molecule has 1 amide bonds. The van der Waals surface area contributed by atoms with Crippen LogP contribution < -0.4 is 10.7 Å². The molecule has 1 rings (SSSR count). The molecule has 0 radical (unpaired) electrons. The van der Waals surface area contributed by atoms with Gasteiger partial charge in [-0.25, -0.2) is 4.98 Å². The minimum absolute atomic E-state index is 0.433. The lowest BCUT2D eigenvalue weighted by atomic mass is 10.3. The molecule has 0 fully saturated rings. The zero-order valence-electron chi connectivity index (χ0n) is 5.10. The van der Waals surface area contributed by atoms with Crippen LogP contribution in [-0.4, -0.2) is 5.91 Å². The van der Waals surface area contributed by atoms with Crippen molar-refractivity contribution in [2.75, 3.05) is 0 Å². The number of H-pyrrole nitrogens is 1. The van der Waals surface area contributed by atoms with Crippen molar-refractivity contribution in [3.05, 3.63) is 28.5 Å². The summed E-state index contributed by atoms with van der Waals surface area (Å²) in [5.74, 6) is -0.433. The molecule has 3 nitrogen and oxygen atoms in total. The molecule has 0 aliphatic heterocycles. The lowest BCUT2D eigenvalue weighted by Crippen LogP contribution is -2.14. The normalized spacial score (nSPS) is 9.30. The summed E-state index contributed by atoms with van der Waals surface area (Å²) in [6, 6.07) is 1.65. The van der Waals surface area contributed by atoms with Crippen LogP contribution in [-0.2, 0) is 0 Å². The molecule has 1 aromatic heterocycles. The van der Waals surface area contributed by atoms with Crippen molar-refractivity contribution >= 4 is 21.8 Å². The Morgan fingerprint density at radius 1 is 1.60 bits per heavy atom. The molecule has 10 heavy (non-hydrogen) atoms. The number of rotatable bonds is 1. The van der Waals surface area contributed by atoms with E-state index in [0.717, 1.165) is 4.47 Å². The maximum Gasteiger partial charge on any atom is 0.254 e. The van der Waals surface area contributed by atoms with E-state index in [1.165, 1.54) is 0 Å². The van der Waals surface area contributed by atoms with Gasteiger partial charge in [-0.1, -0.05) is 0 Å². The fraction of sp³-hybridized carbons (Fsp3) is 0. The van der Waals surface area contributed by atoms with E-state index in [1.54, 1.807) is 18.5 Å². The van der Waals surface area contributed by atoms with Crippen LogP contribution in [0.4, 0.5) is 0 Å². The minimum Gasteiger partial charge on any atom is -0.365 e. The molecule has 0 atom stereocenters. The molecule has 0 spiro atoms. The smallest absolute Gasteiger partial charge is 0.254 e. The Balaban J connectivity index is 3.07. The number of primary amides is 1. The van der Waals surface area contributed by atoms with Crippen molar-refractivity contribution in [1.29, 1.82) is 0 Å². The molecule has 0 aromatic carbocycles. The fourth-order valence-corrected chi connectivity index (χ4v) is 0.964. The van der Waals surface area contributed by atoms with Gasteiger partial charge < -0.3 is 5.73 Å². The summed E-state index contributed by atoms with van der Waals surface area (Å²) < 4.78 is 0.809. The van der Waals surface area contributed by atoms with Crippen LogP contribution >= 0.6 is 15.9 Å². The zero-order chi connectivity index (χ0) is 7.56. The van der Waals surface area contributed by atoms with Crippen molar-refractivity contribution in [1.82, 2.24) is 0 Å². The van der Waals surface area contributed by atoms with E-state index in [1.807, 2.05) is 0 Å². The molecular formula is C6H6BrN2O+. The maximum absolute atomic E-state index is 10.5. The molecule has 4 heteroatoms. The van der Waals surface area contributed by atoms with Crippen LogP contribution in [0.5, 0.6) is 0 Å². The highest BCUT2D eigenvalue weighted by Gasteiger charge is 2.02. The number of aromatic amines is 1. The van der Waals surface area contributed by atoms with Gasteiger partial charge in [-0.05, 0) is 22.0 Å². The molecular weight excluding hydrogens is 196 g/mol. The summed E-state index contributed by atoms with van der Waals surface area (Å²) in [7, 11) is 0. The van der Waals surface area contributed by atoms with Gasteiger partial charge in [0.2, 0.25) is 0 Å². The van der Waals surface area contributed by atoms with E-state index in [-0.39, 0.29) is 0 Å². The van der Waals surface area contributed by atoms with E-state index in [0.29, 0.717) is 5.56 Å². The predicted molar refractivity (Wildman–Crippen MR) is 39.2 cm³/mol. The Labute approximate surface area is 66.4 Å². The fourth-order valence-electron chi connectivity index (χ4n) is 0.585. The Hall–Kier alpha value is -0.900. The van der Waals surface area contributed by atoms with Crippen molar-refractivity contribution in [3.63, 3.8) is 0 Å². The molecule has 52 valence electrons. The number of hydrogen-bond acceptors (Lipinski definition) is 1. The maximum atomic E-state index is 10.5. The number of halogens is 1. The number of nitrogens with two attached hydrogens (primary N) is 1. The van der Waals surface area contributed by atoms with Gasteiger partial charge in [-0.15, -0.1) is 0 Å². The Bertz CT molecular complexity index is 262. The Kier molecular flexibility index (Phi) is 2.01. The molecule has 0 saturated carbocycles. The first kappa shape index (κ1) is 7.21. The van der Waals surface area contributed by atoms with E-state index in [4.69, 9.17) is 5.73 Å². The lowest BCUT2D eigenvalue weighted by molar-refractivity contribution is -0.379. The first-order valence-electron chi connectivity index (χ1n) is 2.66. The van der Waals surface area contributed by atoms with Crippen molar-refractivity contribution in [2.45, 2.75) is 0 Å². The van der Waals surface area contributed by atoms with Gasteiger partial charge in [0, 0.05) is 0 Å². The van der Waals surface area contributed by atoms with Crippen molar-refractivity contribution < 1.29 is 9.78 Å². The topological polar surface area (TPSA) is 57.2 Å². The Morgan fingerprint density at radius 3 is 2.70 bits per heavy atom.